The van der Waals surface area contributed by atoms with Gasteiger partial charge >= 0.3 is 0 Å². The number of hydrogen-bond acceptors (Lipinski definition) is 0. The van der Waals surface area contributed by atoms with Gasteiger partial charge in [-0.25, -0.2) is 0 Å². The fourth-order valence-corrected chi connectivity index (χ4v) is 5.41. The van der Waals surface area contributed by atoms with Crippen molar-refractivity contribution in [3.63, 3.8) is 0 Å². The molecule has 0 aromatic carbocycles. The Labute approximate surface area is 206 Å². The van der Waals surface area contributed by atoms with Gasteiger partial charge < -0.3 is 4.48 Å². The van der Waals surface area contributed by atoms with Crippen LogP contribution < -0.4 is 0 Å². The largest absolute Gasteiger partial charge is 0.324 e. The molecule has 32 heavy (non-hydrogen) atoms. The molecule has 1 nitrogen and oxygen atoms in total. The van der Waals surface area contributed by atoms with Gasteiger partial charge in [0, 0.05) is 12.8 Å². The molecular formula is C31H66N+. The minimum atomic E-state index is 0.470. The first-order valence-corrected chi connectivity index (χ1v) is 15.3. The summed E-state index contributed by atoms with van der Waals surface area (Å²) in [5, 5.41) is 0. The lowest BCUT2D eigenvalue weighted by Crippen LogP contribution is -2.57. The molecule has 0 aliphatic heterocycles. The van der Waals surface area contributed by atoms with Gasteiger partial charge in [-0.1, -0.05) is 142 Å². The number of quaternary nitrogens is 1. The average molecular weight is 453 g/mol. The van der Waals surface area contributed by atoms with E-state index in [0.29, 0.717) is 5.54 Å². The van der Waals surface area contributed by atoms with Crippen molar-refractivity contribution >= 4 is 0 Å². The molecule has 0 radical (unpaired) electrons. The summed E-state index contributed by atoms with van der Waals surface area (Å²) in [7, 11) is 4.87. The van der Waals surface area contributed by atoms with Gasteiger partial charge in [0.05, 0.1) is 26.2 Å². The maximum Gasteiger partial charge on any atom is 0.0959 e. The van der Waals surface area contributed by atoms with Gasteiger partial charge in [-0.2, -0.15) is 0 Å². The molecule has 0 bridgehead atoms. The second-order valence-corrected chi connectivity index (χ2v) is 11.7. The number of rotatable bonds is 25. The van der Waals surface area contributed by atoms with Crippen LogP contribution >= 0.6 is 0 Å². The van der Waals surface area contributed by atoms with Crippen molar-refractivity contribution in [1.82, 2.24) is 0 Å². The van der Waals surface area contributed by atoms with Crippen LogP contribution in [0.2, 0.25) is 0 Å². The zero-order valence-corrected chi connectivity index (χ0v) is 23.9. The molecule has 0 N–H and O–H groups in total. The van der Waals surface area contributed by atoms with Crippen molar-refractivity contribution < 1.29 is 4.48 Å². The van der Waals surface area contributed by atoms with E-state index in [1.807, 2.05) is 0 Å². The third-order valence-electron chi connectivity index (χ3n) is 8.61. The third-order valence-corrected chi connectivity index (χ3v) is 8.61. The van der Waals surface area contributed by atoms with E-state index in [9.17, 15) is 0 Å². The van der Waals surface area contributed by atoms with Crippen LogP contribution in [0, 0.1) is 0 Å². The molecule has 0 heterocycles. The highest BCUT2D eigenvalue weighted by molar-refractivity contribution is 4.75. The van der Waals surface area contributed by atoms with E-state index in [2.05, 4.69) is 41.8 Å². The van der Waals surface area contributed by atoms with E-state index in [0.717, 1.165) is 0 Å². The third kappa shape index (κ3) is 16.6. The van der Waals surface area contributed by atoms with Crippen LogP contribution in [0.4, 0.5) is 0 Å². The Balaban J connectivity index is 3.39. The first kappa shape index (κ1) is 32.0. The Morgan fingerprint density at radius 1 is 0.406 bits per heavy atom. The highest BCUT2D eigenvalue weighted by Gasteiger charge is 2.38. The number of unbranched alkanes of at least 4 members (excludes halogenated alkanes) is 19. The molecular weight excluding hydrogens is 386 g/mol. The fourth-order valence-electron chi connectivity index (χ4n) is 5.41. The van der Waals surface area contributed by atoms with E-state index < -0.39 is 0 Å². The Bertz CT molecular complexity index is 375. The molecule has 0 aromatic heterocycles. The standard InChI is InChI=1S/C31H66N/c1-7-10-11-12-13-14-15-16-17-18-19-20-21-22-23-24-25-26-27-28-30-31(4,29-8-2)32(5,6)9-3/h7-30H2,1-6H3/q+1. The molecule has 1 atom stereocenters. The molecule has 0 rings (SSSR count). The normalized spacial score (nSPS) is 14.1. The summed E-state index contributed by atoms with van der Waals surface area (Å²) in [6.07, 6.45) is 33.4. The molecule has 0 aliphatic rings. The van der Waals surface area contributed by atoms with Gasteiger partial charge in [-0.05, 0) is 20.3 Å². The van der Waals surface area contributed by atoms with Gasteiger partial charge in [-0.15, -0.1) is 0 Å². The smallest absolute Gasteiger partial charge is 0.0959 e. The topological polar surface area (TPSA) is 0 Å². The zero-order valence-electron chi connectivity index (χ0n) is 23.9. The van der Waals surface area contributed by atoms with Crippen LogP contribution in [-0.4, -0.2) is 30.7 Å². The van der Waals surface area contributed by atoms with E-state index >= 15 is 0 Å². The van der Waals surface area contributed by atoms with E-state index in [1.54, 1.807) is 0 Å². The van der Waals surface area contributed by atoms with Crippen LogP contribution in [0.15, 0.2) is 0 Å². The number of nitrogens with zero attached hydrogens (tertiary/aromatic N) is 1. The Hall–Kier alpha value is -0.0400. The Morgan fingerprint density at radius 2 is 0.719 bits per heavy atom. The lowest BCUT2D eigenvalue weighted by molar-refractivity contribution is -0.939. The van der Waals surface area contributed by atoms with Gasteiger partial charge in [0.15, 0.2) is 0 Å². The van der Waals surface area contributed by atoms with E-state index in [4.69, 9.17) is 0 Å². The highest BCUT2D eigenvalue weighted by Crippen LogP contribution is 2.31. The molecule has 0 fully saturated rings. The summed E-state index contributed by atoms with van der Waals surface area (Å²) in [5.41, 5.74) is 0.470. The summed E-state index contributed by atoms with van der Waals surface area (Å²) < 4.78 is 1.18. The van der Waals surface area contributed by atoms with Crippen molar-refractivity contribution in [3.8, 4) is 0 Å². The lowest BCUT2D eigenvalue weighted by atomic mass is 9.86. The maximum absolute atomic E-state index is 2.54. The van der Waals surface area contributed by atoms with Crippen LogP contribution in [0.1, 0.15) is 175 Å². The maximum atomic E-state index is 2.54. The summed E-state index contributed by atoms with van der Waals surface area (Å²) in [4.78, 5) is 0. The monoisotopic (exact) mass is 453 g/mol. The first-order valence-electron chi connectivity index (χ1n) is 15.3. The Morgan fingerprint density at radius 3 is 1.00 bits per heavy atom. The molecule has 0 spiro atoms. The predicted molar refractivity (Wildman–Crippen MR) is 149 cm³/mol. The zero-order chi connectivity index (χ0) is 24.0. The Kier molecular flexibility index (Phi) is 21.5. The molecule has 0 saturated carbocycles. The van der Waals surface area contributed by atoms with Gasteiger partial charge in [0.25, 0.3) is 0 Å². The summed E-state index contributed by atoms with van der Waals surface area (Å²) in [6, 6.07) is 0. The summed E-state index contributed by atoms with van der Waals surface area (Å²) >= 11 is 0. The van der Waals surface area contributed by atoms with Crippen LogP contribution in [0.25, 0.3) is 0 Å². The number of hydrogen-bond donors (Lipinski definition) is 0. The highest BCUT2D eigenvalue weighted by atomic mass is 15.4. The summed E-state index contributed by atoms with van der Waals surface area (Å²) in [5.74, 6) is 0. The van der Waals surface area contributed by atoms with Gasteiger partial charge in [0.2, 0.25) is 0 Å². The minimum Gasteiger partial charge on any atom is -0.324 e. The molecule has 0 saturated heterocycles. The minimum absolute atomic E-state index is 0.470. The average Bonchev–Trinajstić information content (AvgIpc) is 2.77. The molecule has 0 amide bonds. The molecule has 1 heteroatoms. The summed E-state index contributed by atoms with van der Waals surface area (Å²) in [6.45, 7) is 10.8. The van der Waals surface area contributed by atoms with Crippen LogP contribution in [-0.2, 0) is 0 Å². The van der Waals surface area contributed by atoms with Gasteiger partial charge in [0.1, 0.15) is 0 Å². The SMILES string of the molecule is CCCCCCCCCCCCCCCCCCCCCCC(C)(CCC)[N+](C)(C)CC. The molecule has 1 unspecified atom stereocenters. The quantitative estimate of drug-likeness (QED) is 0.0954. The fraction of sp³-hybridized carbons (Fsp3) is 1.00. The second kappa shape index (κ2) is 21.5. The molecule has 194 valence electrons. The second-order valence-electron chi connectivity index (χ2n) is 11.7. The van der Waals surface area contributed by atoms with E-state index in [-0.39, 0.29) is 0 Å². The predicted octanol–water partition coefficient (Wildman–Crippen LogP) is 10.9. The van der Waals surface area contributed by atoms with Crippen molar-refractivity contribution in [2.24, 2.45) is 0 Å². The molecule has 0 aromatic rings. The van der Waals surface area contributed by atoms with Crippen molar-refractivity contribution in [1.29, 1.82) is 0 Å². The van der Waals surface area contributed by atoms with Crippen molar-refractivity contribution in [3.05, 3.63) is 0 Å². The van der Waals surface area contributed by atoms with Crippen molar-refractivity contribution in [2.45, 2.75) is 181 Å². The van der Waals surface area contributed by atoms with E-state index in [1.165, 1.54) is 159 Å². The van der Waals surface area contributed by atoms with Crippen LogP contribution in [0.5, 0.6) is 0 Å². The van der Waals surface area contributed by atoms with Gasteiger partial charge in [-0.3, -0.25) is 0 Å². The first-order chi connectivity index (χ1) is 15.4. The van der Waals surface area contributed by atoms with Crippen molar-refractivity contribution in [2.75, 3.05) is 20.6 Å². The van der Waals surface area contributed by atoms with Crippen LogP contribution in [0.3, 0.4) is 0 Å². The molecule has 0 aliphatic carbocycles. The lowest BCUT2D eigenvalue weighted by Gasteiger charge is -2.46.